The molecule has 2 atom stereocenters. The van der Waals surface area contributed by atoms with E-state index in [9.17, 15) is 0 Å². The standard InChI is InChI=1S/C11H16/c1-11-8-4-2-6-10(11)7-3-5-9-11/h2,4,6,8,10H,3,5,7,9H2,1H3/t10-,11-/m1/s1. The van der Waals surface area contributed by atoms with Gasteiger partial charge in [0.05, 0.1) is 0 Å². The first kappa shape index (κ1) is 7.15. The minimum absolute atomic E-state index is 0.507. The van der Waals surface area contributed by atoms with Crippen LogP contribution in [0.4, 0.5) is 0 Å². The third kappa shape index (κ3) is 1.15. The molecule has 0 spiro atoms. The minimum Gasteiger partial charge on any atom is -0.0806 e. The van der Waals surface area contributed by atoms with Gasteiger partial charge in [-0.3, -0.25) is 0 Å². The minimum atomic E-state index is 0.507. The first-order valence-electron chi connectivity index (χ1n) is 4.67. The van der Waals surface area contributed by atoms with Crippen LogP contribution < -0.4 is 0 Å². The predicted octanol–water partition coefficient (Wildman–Crippen LogP) is 3.31. The van der Waals surface area contributed by atoms with Crippen LogP contribution in [0.2, 0.25) is 0 Å². The van der Waals surface area contributed by atoms with Crippen LogP contribution in [-0.4, -0.2) is 0 Å². The van der Waals surface area contributed by atoms with Gasteiger partial charge in [0.2, 0.25) is 0 Å². The Morgan fingerprint density at radius 2 is 2.18 bits per heavy atom. The highest BCUT2D eigenvalue weighted by Crippen LogP contribution is 2.44. The highest BCUT2D eigenvalue weighted by atomic mass is 14.4. The van der Waals surface area contributed by atoms with E-state index in [1.54, 1.807) is 0 Å². The molecule has 60 valence electrons. The van der Waals surface area contributed by atoms with Gasteiger partial charge in [-0.2, -0.15) is 0 Å². The number of hydrogen-bond donors (Lipinski definition) is 0. The van der Waals surface area contributed by atoms with E-state index in [-0.39, 0.29) is 0 Å². The summed E-state index contributed by atoms with van der Waals surface area (Å²) in [6, 6.07) is 0. The maximum Gasteiger partial charge on any atom is -0.00806 e. The number of allylic oxidation sites excluding steroid dienone is 4. The molecule has 0 aromatic heterocycles. The van der Waals surface area contributed by atoms with E-state index in [0.29, 0.717) is 5.41 Å². The molecule has 2 rings (SSSR count). The topological polar surface area (TPSA) is 0 Å². The highest BCUT2D eigenvalue weighted by molar-refractivity contribution is 5.19. The van der Waals surface area contributed by atoms with Gasteiger partial charge in [0.25, 0.3) is 0 Å². The van der Waals surface area contributed by atoms with E-state index in [1.165, 1.54) is 25.7 Å². The van der Waals surface area contributed by atoms with E-state index in [2.05, 4.69) is 31.2 Å². The zero-order valence-corrected chi connectivity index (χ0v) is 7.22. The lowest BCUT2D eigenvalue weighted by atomic mass is 9.66. The maximum atomic E-state index is 2.40. The largest absolute Gasteiger partial charge is 0.0806 e. The Balaban J connectivity index is 2.22. The summed E-state index contributed by atoms with van der Waals surface area (Å²) in [5, 5.41) is 0. The first-order chi connectivity index (χ1) is 5.31. The second kappa shape index (κ2) is 2.51. The lowest BCUT2D eigenvalue weighted by Gasteiger charge is -2.39. The summed E-state index contributed by atoms with van der Waals surface area (Å²) >= 11 is 0. The average Bonchev–Trinajstić information content (AvgIpc) is 2.03. The third-order valence-corrected chi connectivity index (χ3v) is 3.26. The van der Waals surface area contributed by atoms with Crippen LogP contribution in [0.1, 0.15) is 32.6 Å². The normalized spacial score (nSPS) is 42.1. The molecule has 0 saturated heterocycles. The number of hydrogen-bond acceptors (Lipinski definition) is 0. The van der Waals surface area contributed by atoms with E-state index in [1.807, 2.05) is 0 Å². The molecular weight excluding hydrogens is 132 g/mol. The monoisotopic (exact) mass is 148 g/mol. The summed E-state index contributed by atoms with van der Waals surface area (Å²) in [6.45, 7) is 2.40. The fraction of sp³-hybridized carbons (Fsp3) is 0.636. The Morgan fingerprint density at radius 3 is 3.00 bits per heavy atom. The molecule has 0 heterocycles. The molecule has 2 aliphatic carbocycles. The lowest BCUT2D eigenvalue weighted by Crippen LogP contribution is -2.28. The van der Waals surface area contributed by atoms with Crippen molar-refractivity contribution < 1.29 is 0 Å². The molecule has 0 nitrogen and oxygen atoms in total. The van der Waals surface area contributed by atoms with Gasteiger partial charge in [0.15, 0.2) is 0 Å². The van der Waals surface area contributed by atoms with Crippen molar-refractivity contribution in [2.24, 2.45) is 11.3 Å². The van der Waals surface area contributed by atoms with E-state index < -0.39 is 0 Å². The first-order valence-corrected chi connectivity index (χ1v) is 4.67. The Labute approximate surface area is 69.0 Å². The number of rotatable bonds is 0. The molecule has 0 N–H and O–H groups in total. The summed E-state index contributed by atoms with van der Waals surface area (Å²) in [4.78, 5) is 0. The summed E-state index contributed by atoms with van der Waals surface area (Å²) in [5.74, 6) is 0.834. The second-order valence-corrected chi connectivity index (χ2v) is 4.10. The molecule has 0 aliphatic heterocycles. The van der Waals surface area contributed by atoms with Gasteiger partial charge in [0.1, 0.15) is 0 Å². The fourth-order valence-electron chi connectivity index (χ4n) is 2.38. The summed E-state index contributed by atoms with van der Waals surface area (Å²) in [6.07, 6.45) is 14.8. The second-order valence-electron chi connectivity index (χ2n) is 4.10. The van der Waals surface area contributed by atoms with Crippen LogP contribution in [0.25, 0.3) is 0 Å². The van der Waals surface area contributed by atoms with Crippen LogP contribution in [0.15, 0.2) is 24.3 Å². The van der Waals surface area contributed by atoms with Gasteiger partial charge >= 0.3 is 0 Å². The molecule has 2 aliphatic rings. The van der Waals surface area contributed by atoms with Gasteiger partial charge in [-0.05, 0) is 24.2 Å². The van der Waals surface area contributed by atoms with Crippen molar-refractivity contribution in [3.05, 3.63) is 24.3 Å². The molecule has 0 aromatic rings. The van der Waals surface area contributed by atoms with Crippen molar-refractivity contribution in [2.45, 2.75) is 32.6 Å². The van der Waals surface area contributed by atoms with Crippen LogP contribution in [0.5, 0.6) is 0 Å². The average molecular weight is 148 g/mol. The summed E-state index contributed by atoms with van der Waals surface area (Å²) in [7, 11) is 0. The maximum absolute atomic E-state index is 2.40. The van der Waals surface area contributed by atoms with Crippen molar-refractivity contribution in [1.82, 2.24) is 0 Å². The van der Waals surface area contributed by atoms with Gasteiger partial charge in [-0.15, -0.1) is 0 Å². The molecular formula is C11H16. The molecule has 0 bridgehead atoms. The Hall–Kier alpha value is -0.520. The zero-order valence-electron chi connectivity index (χ0n) is 7.22. The van der Waals surface area contributed by atoms with Crippen LogP contribution >= 0.6 is 0 Å². The fourth-order valence-corrected chi connectivity index (χ4v) is 2.38. The molecule has 1 fully saturated rings. The van der Waals surface area contributed by atoms with E-state index in [4.69, 9.17) is 0 Å². The van der Waals surface area contributed by atoms with Gasteiger partial charge < -0.3 is 0 Å². The zero-order chi connectivity index (χ0) is 7.73. The predicted molar refractivity (Wildman–Crippen MR) is 48.3 cm³/mol. The SMILES string of the molecule is C[C@]12C=CC=C[C@@H]1CCCC2. The smallest absolute Gasteiger partial charge is 0.00806 e. The van der Waals surface area contributed by atoms with Gasteiger partial charge in [-0.25, -0.2) is 0 Å². The van der Waals surface area contributed by atoms with Gasteiger partial charge in [-0.1, -0.05) is 44.1 Å². The molecule has 0 unspecified atom stereocenters. The van der Waals surface area contributed by atoms with E-state index in [0.717, 1.165) is 5.92 Å². The lowest BCUT2D eigenvalue weighted by molar-refractivity contribution is 0.212. The summed E-state index contributed by atoms with van der Waals surface area (Å²) in [5.41, 5.74) is 0.507. The van der Waals surface area contributed by atoms with Crippen molar-refractivity contribution in [3.63, 3.8) is 0 Å². The van der Waals surface area contributed by atoms with Crippen molar-refractivity contribution in [3.8, 4) is 0 Å². The molecule has 1 saturated carbocycles. The third-order valence-electron chi connectivity index (χ3n) is 3.26. The quantitative estimate of drug-likeness (QED) is 0.494. The van der Waals surface area contributed by atoms with Crippen molar-refractivity contribution >= 4 is 0 Å². The molecule has 0 aromatic carbocycles. The highest BCUT2D eigenvalue weighted by Gasteiger charge is 2.33. The Morgan fingerprint density at radius 1 is 1.27 bits per heavy atom. The Kier molecular flexibility index (Phi) is 1.63. The molecule has 11 heavy (non-hydrogen) atoms. The summed E-state index contributed by atoms with van der Waals surface area (Å²) < 4.78 is 0. The van der Waals surface area contributed by atoms with Gasteiger partial charge in [0, 0.05) is 0 Å². The molecule has 0 amide bonds. The van der Waals surface area contributed by atoms with Crippen molar-refractivity contribution in [2.75, 3.05) is 0 Å². The van der Waals surface area contributed by atoms with Crippen LogP contribution in [0, 0.1) is 11.3 Å². The van der Waals surface area contributed by atoms with E-state index >= 15 is 0 Å². The molecule has 0 radical (unpaired) electrons. The Bertz CT molecular complexity index is 200. The molecule has 0 heteroatoms. The van der Waals surface area contributed by atoms with Crippen molar-refractivity contribution in [1.29, 1.82) is 0 Å². The number of fused-ring (bicyclic) bond motifs is 1. The van der Waals surface area contributed by atoms with Crippen LogP contribution in [0.3, 0.4) is 0 Å². The van der Waals surface area contributed by atoms with Crippen LogP contribution in [-0.2, 0) is 0 Å².